The molecule has 0 unspecified atom stereocenters. The van der Waals surface area contributed by atoms with Crippen LogP contribution in [-0.4, -0.2) is 40.5 Å². The highest BCUT2D eigenvalue weighted by molar-refractivity contribution is 7.93. The monoisotopic (exact) mass is 406 g/mol. The van der Waals surface area contributed by atoms with Crippen LogP contribution in [0.3, 0.4) is 0 Å². The van der Waals surface area contributed by atoms with E-state index in [1.54, 1.807) is 49.3 Å². The fourth-order valence-corrected chi connectivity index (χ4v) is 4.23. The smallest absolute Gasteiger partial charge is 0.308 e. The van der Waals surface area contributed by atoms with E-state index in [0.717, 1.165) is 16.4 Å². The first kappa shape index (κ1) is 20.5. The summed E-state index contributed by atoms with van der Waals surface area (Å²) in [4.78, 5) is 1.20. The standard InChI is InChI=1S/C17H18ClF3N2O2S/c1-22(2)10-11-23(14-6-4-3-5-7-14)26(24,25)16-12-13(17(19,20)21)8-9-15(16)18/h3-9,12H,10-11H2,1-2H3. The maximum absolute atomic E-state index is 13.1. The molecule has 2 aromatic carbocycles. The van der Waals surface area contributed by atoms with Crippen molar-refractivity contribution in [3.05, 3.63) is 59.1 Å². The third-order valence-electron chi connectivity index (χ3n) is 3.62. The van der Waals surface area contributed by atoms with Crippen LogP contribution in [0.1, 0.15) is 5.56 Å². The lowest BCUT2D eigenvalue weighted by molar-refractivity contribution is -0.137. The van der Waals surface area contributed by atoms with Crippen LogP contribution in [0.15, 0.2) is 53.4 Å². The van der Waals surface area contributed by atoms with E-state index in [2.05, 4.69) is 0 Å². The summed E-state index contributed by atoms with van der Waals surface area (Å²) < 4.78 is 66.3. The molecule has 26 heavy (non-hydrogen) atoms. The van der Waals surface area contributed by atoms with Gasteiger partial charge in [-0.1, -0.05) is 29.8 Å². The molecule has 0 saturated carbocycles. The number of alkyl halides is 3. The van der Waals surface area contributed by atoms with Gasteiger partial charge in [-0.15, -0.1) is 0 Å². The van der Waals surface area contributed by atoms with Gasteiger partial charge in [-0.3, -0.25) is 4.31 Å². The normalized spacial score (nSPS) is 12.4. The first-order chi connectivity index (χ1) is 12.0. The van der Waals surface area contributed by atoms with Crippen molar-refractivity contribution in [2.45, 2.75) is 11.1 Å². The van der Waals surface area contributed by atoms with Crippen LogP contribution in [0.25, 0.3) is 0 Å². The van der Waals surface area contributed by atoms with Crippen molar-refractivity contribution in [2.24, 2.45) is 0 Å². The quantitative estimate of drug-likeness (QED) is 0.724. The van der Waals surface area contributed by atoms with E-state index in [4.69, 9.17) is 11.6 Å². The molecular formula is C17H18ClF3N2O2S. The lowest BCUT2D eigenvalue weighted by Gasteiger charge is -2.26. The Bertz CT molecular complexity index is 856. The van der Waals surface area contributed by atoms with Gasteiger partial charge in [0.05, 0.1) is 16.3 Å². The Balaban J connectivity index is 2.56. The third kappa shape index (κ3) is 4.69. The van der Waals surface area contributed by atoms with Gasteiger partial charge in [0.2, 0.25) is 0 Å². The summed E-state index contributed by atoms with van der Waals surface area (Å²) >= 11 is 5.94. The Morgan fingerprint density at radius 2 is 1.62 bits per heavy atom. The molecular weight excluding hydrogens is 389 g/mol. The molecule has 0 N–H and O–H groups in total. The maximum Gasteiger partial charge on any atom is 0.416 e. The van der Waals surface area contributed by atoms with Crippen molar-refractivity contribution >= 4 is 27.3 Å². The molecule has 2 rings (SSSR count). The second kappa shape index (κ2) is 7.85. The fourth-order valence-electron chi connectivity index (χ4n) is 2.27. The Morgan fingerprint density at radius 1 is 1.00 bits per heavy atom. The summed E-state index contributed by atoms with van der Waals surface area (Å²) in [5, 5.41) is -0.260. The minimum Gasteiger partial charge on any atom is -0.308 e. The van der Waals surface area contributed by atoms with Gasteiger partial charge in [-0.2, -0.15) is 13.2 Å². The minimum absolute atomic E-state index is 0.0614. The second-order valence-corrected chi connectivity index (χ2v) is 8.10. The maximum atomic E-state index is 13.1. The van der Waals surface area contributed by atoms with Gasteiger partial charge in [0.1, 0.15) is 4.90 Å². The molecule has 0 bridgehead atoms. The van der Waals surface area contributed by atoms with Crippen molar-refractivity contribution < 1.29 is 21.6 Å². The number of hydrogen-bond acceptors (Lipinski definition) is 3. The molecule has 0 atom stereocenters. The number of para-hydroxylation sites is 1. The highest BCUT2D eigenvalue weighted by Crippen LogP contribution is 2.35. The van der Waals surface area contributed by atoms with Gasteiger partial charge >= 0.3 is 6.18 Å². The van der Waals surface area contributed by atoms with Crippen LogP contribution < -0.4 is 4.31 Å². The number of sulfonamides is 1. The molecule has 142 valence electrons. The Hall–Kier alpha value is -1.77. The summed E-state index contributed by atoms with van der Waals surface area (Å²) in [5.41, 5.74) is -0.719. The predicted molar refractivity (Wildman–Crippen MR) is 96.0 cm³/mol. The van der Waals surface area contributed by atoms with Gasteiger partial charge in [0, 0.05) is 13.1 Å². The molecule has 0 fully saturated rings. The summed E-state index contributed by atoms with van der Waals surface area (Å²) in [5.74, 6) is 0. The highest BCUT2D eigenvalue weighted by atomic mass is 35.5. The van der Waals surface area contributed by atoms with Gasteiger partial charge in [-0.05, 0) is 44.4 Å². The van der Waals surface area contributed by atoms with Crippen molar-refractivity contribution in [3.63, 3.8) is 0 Å². The average Bonchev–Trinajstić information content (AvgIpc) is 2.54. The molecule has 0 amide bonds. The second-order valence-electron chi connectivity index (χ2n) is 5.86. The number of rotatable bonds is 6. The number of nitrogens with zero attached hydrogens (tertiary/aromatic N) is 2. The molecule has 0 aromatic heterocycles. The highest BCUT2D eigenvalue weighted by Gasteiger charge is 2.34. The molecule has 9 heteroatoms. The summed E-state index contributed by atoms with van der Waals surface area (Å²) in [6.07, 6.45) is -4.67. The lowest BCUT2D eigenvalue weighted by atomic mass is 10.2. The molecule has 0 aliphatic heterocycles. The molecule has 2 aromatic rings. The average molecular weight is 407 g/mol. The van der Waals surface area contributed by atoms with Gasteiger partial charge in [0.15, 0.2) is 0 Å². The Morgan fingerprint density at radius 3 is 2.15 bits per heavy atom. The zero-order valence-corrected chi connectivity index (χ0v) is 15.7. The van der Waals surface area contributed by atoms with Crippen LogP contribution >= 0.6 is 11.6 Å². The molecule has 4 nitrogen and oxygen atoms in total. The summed E-state index contributed by atoms with van der Waals surface area (Å²) in [6.45, 7) is 0.441. The minimum atomic E-state index is -4.67. The fraction of sp³-hybridized carbons (Fsp3) is 0.294. The van der Waals surface area contributed by atoms with E-state index in [9.17, 15) is 21.6 Å². The largest absolute Gasteiger partial charge is 0.416 e. The first-order valence-electron chi connectivity index (χ1n) is 7.63. The molecule has 0 spiro atoms. The Kier molecular flexibility index (Phi) is 6.21. The van der Waals surface area contributed by atoms with Crippen molar-refractivity contribution in [3.8, 4) is 0 Å². The summed E-state index contributed by atoms with van der Waals surface area (Å²) in [6, 6.07) is 10.5. The van der Waals surface area contributed by atoms with Crippen molar-refractivity contribution in [1.29, 1.82) is 0 Å². The van der Waals surface area contributed by atoms with Crippen molar-refractivity contribution in [2.75, 3.05) is 31.5 Å². The third-order valence-corrected chi connectivity index (χ3v) is 5.93. The molecule has 0 heterocycles. The first-order valence-corrected chi connectivity index (χ1v) is 9.44. The topological polar surface area (TPSA) is 40.6 Å². The molecule has 0 saturated heterocycles. The van der Waals surface area contributed by atoms with E-state index < -0.39 is 26.7 Å². The SMILES string of the molecule is CN(C)CCN(c1ccccc1)S(=O)(=O)c1cc(C(F)(F)F)ccc1Cl. The van der Waals surface area contributed by atoms with Gasteiger partial charge in [0.25, 0.3) is 10.0 Å². The summed E-state index contributed by atoms with van der Waals surface area (Å²) in [7, 11) is -0.747. The van der Waals surface area contributed by atoms with Crippen LogP contribution in [0.4, 0.5) is 18.9 Å². The van der Waals surface area contributed by atoms with Gasteiger partial charge < -0.3 is 4.90 Å². The van der Waals surface area contributed by atoms with E-state index in [-0.39, 0.29) is 11.6 Å². The van der Waals surface area contributed by atoms with E-state index in [0.29, 0.717) is 18.3 Å². The number of hydrogen-bond donors (Lipinski definition) is 0. The number of halogens is 4. The lowest BCUT2D eigenvalue weighted by Crippen LogP contribution is -2.37. The number of benzene rings is 2. The van der Waals surface area contributed by atoms with Crippen molar-refractivity contribution in [1.82, 2.24) is 4.90 Å². The number of likely N-dealkylation sites (N-methyl/N-ethyl adjacent to an activating group) is 1. The van der Waals surface area contributed by atoms with Crippen LogP contribution in [-0.2, 0) is 16.2 Å². The number of anilines is 1. The zero-order valence-electron chi connectivity index (χ0n) is 14.2. The molecule has 0 radical (unpaired) electrons. The van der Waals surface area contributed by atoms with Gasteiger partial charge in [-0.25, -0.2) is 8.42 Å². The molecule has 0 aliphatic carbocycles. The van der Waals surface area contributed by atoms with Crippen LogP contribution in [0.5, 0.6) is 0 Å². The Labute approximate surface area is 155 Å². The molecule has 0 aliphatic rings. The predicted octanol–water partition coefficient (Wildman–Crippen LogP) is 4.12. The van der Waals surface area contributed by atoms with E-state index >= 15 is 0 Å². The van der Waals surface area contributed by atoms with Crippen LogP contribution in [0.2, 0.25) is 5.02 Å². The zero-order chi connectivity index (χ0) is 19.5. The van der Waals surface area contributed by atoms with Crippen LogP contribution in [0, 0.1) is 0 Å². The van der Waals surface area contributed by atoms with E-state index in [1.165, 1.54) is 0 Å². The van der Waals surface area contributed by atoms with E-state index in [1.807, 2.05) is 0 Å².